The monoisotopic (exact) mass is 406 g/mol. The number of fused-ring (bicyclic) bond motifs is 1. The topological polar surface area (TPSA) is 52.0 Å². The number of nitrogens with zero attached hydrogens (tertiary/aromatic N) is 2. The van der Waals surface area contributed by atoms with Crippen LogP contribution < -0.4 is 5.56 Å². The van der Waals surface area contributed by atoms with Crippen LogP contribution in [0.2, 0.25) is 0 Å². The molecule has 0 spiro atoms. The van der Waals surface area contributed by atoms with E-state index in [0.717, 1.165) is 21.6 Å². The Hall–Kier alpha value is -3.12. The molecule has 0 saturated heterocycles. The summed E-state index contributed by atoms with van der Waals surface area (Å²) in [5.41, 5.74) is 2.20. The highest BCUT2D eigenvalue weighted by Crippen LogP contribution is 2.36. The number of rotatable bonds is 5. The van der Waals surface area contributed by atoms with Gasteiger partial charge in [0.1, 0.15) is 22.3 Å². The molecule has 4 nitrogen and oxygen atoms in total. The Morgan fingerprint density at radius 3 is 2.41 bits per heavy atom. The molecule has 6 heteroatoms. The van der Waals surface area contributed by atoms with E-state index in [0.29, 0.717) is 16.0 Å². The highest BCUT2D eigenvalue weighted by molar-refractivity contribution is 7.19. The lowest BCUT2D eigenvalue weighted by Crippen LogP contribution is -2.24. The summed E-state index contributed by atoms with van der Waals surface area (Å²) in [7, 11) is 0. The molecular formula is C23H19FN2O2S. The average Bonchev–Trinajstić information content (AvgIpc) is 3.04. The molecule has 0 aliphatic carbocycles. The molecule has 0 atom stereocenters. The molecule has 0 saturated carbocycles. The molecule has 0 aliphatic rings. The summed E-state index contributed by atoms with van der Waals surface area (Å²) in [5.74, 6) is 0.238. The molecule has 2 aromatic heterocycles. The van der Waals surface area contributed by atoms with Crippen LogP contribution in [0.4, 0.5) is 4.39 Å². The third kappa shape index (κ3) is 3.63. The second-order valence-corrected chi connectivity index (χ2v) is 8.13. The number of aryl methyl sites for hydroxylation is 1. The molecule has 0 N–H and O–H groups in total. The predicted molar refractivity (Wildman–Crippen MR) is 115 cm³/mol. The molecular weight excluding hydrogens is 387 g/mol. The van der Waals surface area contributed by atoms with E-state index in [2.05, 4.69) is 0 Å². The van der Waals surface area contributed by atoms with Crippen molar-refractivity contribution in [2.75, 3.05) is 0 Å². The van der Waals surface area contributed by atoms with Gasteiger partial charge in [0.25, 0.3) is 5.56 Å². The van der Waals surface area contributed by atoms with Crippen LogP contribution >= 0.6 is 11.3 Å². The third-order valence-electron chi connectivity index (χ3n) is 4.84. The number of halogens is 1. The van der Waals surface area contributed by atoms with Crippen LogP contribution in [0.25, 0.3) is 32.7 Å². The van der Waals surface area contributed by atoms with E-state index in [1.165, 1.54) is 30.4 Å². The largest absolute Gasteiger partial charge is 0.300 e. The zero-order valence-corrected chi connectivity index (χ0v) is 16.9. The third-order valence-corrected chi connectivity index (χ3v) is 5.84. The number of hydrogen-bond acceptors (Lipinski definition) is 4. The first-order valence-corrected chi connectivity index (χ1v) is 10.1. The molecule has 0 unspecified atom stereocenters. The molecule has 0 bridgehead atoms. The number of carbonyl (C=O) groups excluding carboxylic acids is 1. The van der Waals surface area contributed by atoms with Crippen molar-refractivity contribution in [3.05, 3.63) is 75.6 Å². The van der Waals surface area contributed by atoms with Gasteiger partial charge in [-0.15, -0.1) is 11.3 Å². The minimum absolute atomic E-state index is 0.0104. The molecule has 2 heterocycles. The van der Waals surface area contributed by atoms with E-state index in [9.17, 15) is 14.0 Å². The molecule has 0 amide bonds. The first-order valence-electron chi connectivity index (χ1n) is 9.30. The predicted octanol–water partition coefficient (Wildman–Crippen LogP) is 5.22. The van der Waals surface area contributed by atoms with E-state index in [1.54, 1.807) is 16.7 Å². The Bertz CT molecular complexity index is 1260. The van der Waals surface area contributed by atoms with Crippen LogP contribution in [0.1, 0.15) is 18.2 Å². The van der Waals surface area contributed by atoms with Crippen LogP contribution in [-0.2, 0) is 11.3 Å². The van der Waals surface area contributed by atoms with Gasteiger partial charge in [-0.1, -0.05) is 42.5 Å². The normalized spacial score (nSPS) is 11.1. The molecule has 4 rings (SSSR count). The maximum Gasteiger partial charge on any atom is 0.263 e. The smallest absolute Gasteiger partial charge is 0.263 e. The second kappa shape index (κ2) is 7.72. The number of Topliss-reactive ketones (excluding diaryl/α,β-unsaturated/α-hetero) is 1. The zero-order valence-electron chi connectivity index (χ0n) is 16.1. The highest BCUT2D eigenvalue weighted by Gasteiger charge is 2.20. The molecule has 29 heavy (non-hydrogen) atoms. The second-order valence-electron chi connectivity index (χ2n) is 6.93. The fraction of sp³-hybridized carbons (Fsp3) is 0.174. The van der Waals surface area contributed by atoms with Gasteiger partial charge in [-0.3, -0.25) is 14.2 Å². The van der Waals surface area contributed by atoms with Gasteiger partial charge in [0.15, 0.2) is 0 Å². The Kier molecular flexibility index (Phi) is 5.11. The number of benzene rings is 2. The lowest BCUT2D eigenvalue weighted by molar-refractivity contribution is -0.117. The minimum Gasteiger partial charge on any atom is -0.300 e. The van der Waals surface area contributed by atoms with Gasteiger partial charge < -0.3 is 0 Å². The van der Waals surface area contributed by atoms with Crippen molar-refractivity contribution in [2.45, 2.75) is 26.8 Å². The first kappa shape index (κ1) is 19.2. The summed E-state index contributed by atoms with van der Waals surface area (Å²) in [5, 5.41) is 0.516. The Morgan fingerprint density at radius 1 is 1.07 bits per heavy atom. The van der Waals surface area contributed by atoms with Gasteiger partial charge in [-0.05, 0) is 31.5 Å². The van der Waals surface area contributed by atoms with Crippen molar-refractivity contribution >= 4 is 27.3 Å². The van der Waals surface area contributed by atoms with Crippen molar-refractivity contribution in [3.63, 3.8) is 0 Å². The lowest BCUT2D eigenvalue weighted by atomic mass is 10.0. The fourth-order valence-electron chi connectivity index (χ4n) is 3.44. The Balaban J connectivity index is 2.01. The minimum atomic E-state index is -0.325. The lowest BCUT2D eigenvalue weighted by Gasteiger charge is -2.12. The summed E-state index contributed by atoms with van der Waals surface area (Å²) in [4.78, 5) is 31.5. The molecule has 0 fully saturated rings. The fourth-order valence-corrected chi connectivity index (χ4v) is 4.48. The van der Waals surface area contributed by atoms with Gasteiger partial charge in [-0.25, -0.2) is 9.37 Å². The summed E-state index contributed by atoms with van der Waals surface area (Å²) >= 11 is 1.45. The average molecular weight is 406 g/mol. The van der Waals surface area contributed by atoms with Gasteiger partial charge in [-0.2, -0.15) is 0 Å². The quantitative estimate of drug-likeness (QED) is 0.457. The van der Waals surface area contributed by atoms with E-state index >= 15 is 0 Å². The summed E-state index contributed by atoms with van der Waals surface area (Å²) in [6.07, 6.45) is 0.252. The van der Waals surface area contributed by atoms with Crippen LogP contribution in [0.5, 0.6) is 0 Å². The maximum atomic E-state index is 13.6. The maximum absolute atomic E-state index is 13.6. The van der Waals surface area contributed by atoms with Crippen LogP contribution in [0.3, 0.4) is 0 Å². The van der Waals surface area contributed by atoms with Crippen molar-refractivity contribution in [1.82, 2.24) is 9.55 Å². The van der Waals surface area contributed by atoms with Gasteiger partial charge in [0.2, 0.25) is 0 Å². The van der Waals surface area contributed by atoms with Gasteiger partial charge >= 0.3 is 0 Å². The molecule has 2 aromatic carbocycles. The number of thiophene rings is 1. The number of ketones is 1. The number of aromatic nitrogens is 2. The Labute approximate surface area is 171 Å². The van der Waals surface area contributed by atoms with Crippen molar-refractivity contribution in [3.8, 4) is 22.5 Å². The highest BCUT2D eigenvalue weighted by atomic mass is 32.1. The SMILES string of the molecule is CC(=O)CCn1c(-c2ccccc2)nc2sc(C)c(-c3ccc(F)cc3)c2c1=O. The van der Waals surface area contributed by atoms with Crippen LogP contribution in [0.15, 0.2) is 59.4 Å². The van der Waals surface area contributed by atoms with Gasteiger partial charge in [0, 0.05) is 29.0 Å². The van der Waals surface area contributed by atoms with Gasteiger partial charge in [0.05, 0.1) is 5.39 Å². The summed E-state index contributed by atoms with van der Waals surface area (Å²) in [6, 6.07) is 15.6. The molecule has 4 aromatic rings. The molecule has 0 radical (unpaired) electrons. The van der Waals surface area contributed by atoms with E-state index in [-0.39, 0.29) is 30.1 Å². The van der Waals surface area contributed by atoms with Crippen molar-refractivity contribution in [2.24, 2.45) is 0 Å². The standard InChI is InChI=1S/C23H19FN2O2S/c1-14(27)12-13-26-21(17-6-4-3-5-7-17)25-22-20(23(26)28)19(15(2)29-22)16-8-10-18(24)11-9-16/h3-11H,12-13H2,1-2H3. The number of carbonyl (C=O) groups is 1. The Morgan fingerprint density at radius 2 is 1.76 bits per heavy atom. The van der Waals surface area contributed by atoms with Crippen LogP contribution in [0, 0.1) is 12.7 Å². The van der Waals surface area contributed by atoms with E-state index in [1.807, 2.05) is 37.3 Å². The summed E-state index contributed by atoms with van der Waals surface area (Å²) in [6.45, 7) is 3.71. The summed E-state index contributed by atoms with van der Waals surface area (Å²) < 4.78 is 15.0. The first-order chi connectivity index (χ1) is 14.0. The van der Waals surface area contributed by atoms with Crippen molar-refractivity contribution in [1.29, 1.82) is 0 Å². The van der Waals surface area contributed by atoms with Crippen molar-refractivity contribution < 1.29 is 9.18 Å². The molecule has 0 aliphatic heterocycles. The molecule has 146 valence electrons. The zero-order chi connectivity index (χ0) is 20.5. The van der Waals surface area contributed by atoms with E-state index in [4.69, 9.17) is 4.98 Å². The van der Waals surface area contributed by atoms with Crippen LogP contribution in [-0.4, -0.2) is 15.3 Å². The number of hydrogen-bond donors (Lipinski definition) is 0. The van der Waals surface area contributed by atoms with E-state index < -0.39 is 0 Å².